The van der Waals surface area contributed by atoms with Gasteiger partial charge in [-0.05, 0) is 42.9 Å². The minimum absolute atomic E-state index is 0.112. The molecule has 1 aliphatic carbocycles. The van der Waals surface area contributed by atoms with Crippen molar-refractivity contribution in [2.45, 2.75) is 24.2 Å². The van der Waals surface area contributed by atoms with Crippen molar-refractivity contribution in [1.29, 1.82) is 0 Å². The fourth-order valence-electron chi connectivity index (χ4n) is 2.74. The van der Waals surface area contributed by atoms with Crippen LogP contribution >= 0.6 is 11.6 Å². The molecule has 0 aliphatic heterocycles. The van der Waals surface area contributed by atoms with Crippen molar-refractivity contribution in [2.75, 3.05) is 20.3 Å². The van der Waals surface area contributed by atoms with Crippen LogP contribution in [0.4, 0.5) is 0 Å². The number of nitrogens with one attached hydrogen (secondary N) is 1. The highest BCUT2D eigenvalue weighted by molar-refractivity contribution is 7.89. The number of rotatable bonds is 6. The van der Waals surface area contributed by atoms with Crippen LogP contribution in [0.3, 0.4) is 0 Å². The van der Waals surface area contributed by atoms with Gasteiger partial charge in [-0.2, -0.15) is 0 Å². The molecule has 1 aliphatic rings. The number of sulfonamides is 1. The molecular formula is C14H20ClNO4S. The molecule has 1 aromatic carbocycles. The first-order valence-corrected chi connectivity index (χ1v) is 8.78. The molecule has 0 heterocycles. The summed E-state index contributed by atoms with van der Waals surface area (Å²) in [5, 5.41) is 9.53. The van der Waals surface area contributed by atoms with Gasteiger partial charge in [0.25, 0.3) is 0 Å². The molecule has 1 saturated carbocycles. The lowest BCUT2D eigenvalue weighted by Gasteiger charge is -2.18. The van der Waals surface area contributed by atoms with E-state index in [2.05, 4.69) is 4.72 Å². The van der Waals surface area contributed by atoms with Gasteiger partial charge in [-0.3, -0.25) is 0 Å². The highest BCUT2D eigenvalue weighted by atomic mass is 35.5. The van der Waals surface area contributed by atoms with E-state index < -0.39 is 10.0 Å². The third-order valence-electron chi connectivity index (χ3n) is 4.02. The van der Waals surface area contributed by atoms with Crippen molar-refractivity contribution in [1.82, 2.24) is 4.72 Å². The Morgan fingerprint density at radius 2 is 2.10 bits per heavy atom. The summed E-state index contributed by atoms with van der Waals surface area (Å²) in [6.45, 7) is 0.456. The summed E-state index contributed by atoms with van der Waals surface area (Å²) in [4.78, 5) is 0.117. The van der Waals surface area contributed by atoms with E-state index in [9.17, 15) is 13.5 Å². The van der Waals surface area contributed by atoms with E-state index in [-0.39, 0.29) is 28.4 Å². The SMILES string of the molecule is COc1ccc(S(=O)(=O)NCC2CCCC2CO)cc1Cl. The molecular weight excluding hydrogens is 314 g/mol. The number of aliphatic hydroxyl groups excluding tert-OH is 1. The van der Waals surface area contributed by atoms with Gasteiger partial charge in [0.05, 0.1) is 17.0 Å². The molecule has 1 aromatic rings. The van der Waals surface area contributed by atoms with Gasteiger partial charge in [-0.1, -0.05) is 18.0 Å². The average Bonchev–Trinajstić information content (AvgIpc) is 2.92. The molecule has 5 nitrogen and oxygen atoms in total. The van der Waals surface area contributed by atoms with Gasteiger partial charge in [0, 0.05) is 13.2 Å². The Labute approximate surface area is 130 Å². The molecule has 0 amide bonds. The van der Waals surface area contributed by atoms with Crippen LogP contribution < -0.4 is 9.46 Å². The van der Waals surface area contributed by atoms with Crippen LogP contribution in [0.5, 0.6) is 5.75 Å². The van der Waals surface area contributed by atoms with Crippen LogP contribution in [-0.4, -0.2) is 33.8 Å². The Kier molecular flexibility index (Phi) is 5.48. The lowest BCUT2D eigenvalue weighted by Crippen LogP contribution is -2.31. The summed E-state index contributed by atoms with van der Waals surface area (Å²) in [6, 6.07) is 4.37. The maximum absolute atomic E-state index is 12.3. The van der Waals surface area contributed by atoms with E-state index in [0.717, 1.165) is 19.3 Å². The highest BCUT2D eigenvalue weighted by Crippen LogP contribution is 2.31. The summed E-state index contributed by atoms with van der Waals surface area (Å²) in [5.74, 6) is 0.817. The first-order valence-electron chi connectivity index (χ1n) is 6.92. The monoisotopic (exact) mass is 333 g/mol. The number of ether oxygens (including phenoxy) is 1. The van der Waals surface area contributed by atoms with E-state index in [1.165, 1.54) is 25.3 Å². The van der Waals surface area contributed by atoms with Gasteiger partial charge in [0.1, 0.15) is 5.75 Å². The maximum atomic E-state index is 12.3. The molecule has 2 atom stereocenters. The molecule has 0 spiro atoms. The lowest BCUT2D eigenvalue weighted by atomic mass is 9.97. The third-order valence-corrected chi connectivity index (χ3v) is 5.74. The van der Waals surface area contributed by atoms with Gasteiger partial charge in [-0.25, -0.2) is 13.1 Å². The number of aliphatic hydroxyl groups is 1. The standard InChI is InChI=1S/C14H20ClNO4S/c1-20-14-6-5-12(7-13(14)15)21(18,19)16-8-10-3-2-4-11(10)9-17/h5-7,10-11,16-17H,2-4,8-9H2,1H3. The predicted octanol–water partition coefficient (Wildman–Crippen LogP) is 2.04. The quantitative estimate of drug-likeness (QED) is 0.835. The summed E-state index contributed by atoms with van der Waals surface area (Å²) >= 11 is 5.96. The zero-order valence-corrected chi connectivity index (χ0v) is 13.5. The number of halogens is 1. The number of methoxy groups -OCH3 is 1. The molecule has 21 heavy (non-hydrogen) atoms. The summed E-state index contributed by atoms with van der Waals surface area (Å²) < 4.78 is 32.1. The summed E-state index contributed by atoms with van der Waals surface area (Å²) in [7, 11) is -2.12. The molecule has 0 saturated heterocycles. The van der Waals surface area contributed by atoms with Crippen LogP contribution in [0.25, 0.3) is 0 Å². The van der Waals surface area contributed by atoms with Crippen molar-refractivity contribution in [2.24, 2.45) is 11.8 Å². The third kappa shape index (κ3) is 3.88. The van der Waals surface area contributed by atoms with Gasteiger partial charge < -0.3 is 9.84 Å². The fraction of sp³-hybridized carbons (Fsp3) is 0.571. The van der Waals surface area contributed by atoms with Crippen molar-refractivity contribution in [3.63, 3.8) is 0 Å². The molecule has 2 unspecified atom stereocenters. The first-order chi connectivity index (χ1) is 9.97. The average molecular weight is 334 g/mol. The fourth-order valence-corrected chi connectivity index (χ4v) is 4.18. The van der Waals surface area contributed by atoms with Crippen LogP contribution in [-0.2, 0) is 10.0 Å². The normalized spacial score (nSPS) is 22.4. The number of hydrogen-bond donors (Lipinski definition) is 2. The minimum Gasteiger partial charge on any atom is -0.495 e. The second-order valence-electron chi connectivity index (χ2n) is 5.28. The van der Waals surface area contributed by atoms with Gasteiger partial charge in [0.2, 0.25) is 10.0 Å². The Morgan fingerprint density at radius 3 is 2.71 bits per heavy atom. The molecule has 1 fully saturated rings. The molecule has 7 heteroatoms. The molecule has 0 radical (unpaired) electrons. The Balaban J connectivity index is 2.06. The van der Waals surface area contributed by atoms with Crippen molar-refractivity contribution < 1.29 is 18.3 Å². The zero-order valence-electron chi connectivity index (χ0n) is 11.9. The van der Waals surface area contributed by atoms with Crippen molar-refractivity contribution in [3.05, 3.63) is 23.2 Å². The van der Waals surface area contributed by atoms with Gasteiger partial charge >= 0.3 is 0 Å². The van der Waals surface area contributed by atoms with Crippen molar-refractivity contribution in [3.8, 4) is 5.75 Å². The molecule has 2 N–H and O–H groups in total. The largest absolute Gasteiger partial charge is 0.495 e. The Hall–Kier alpha value is -0.820. The van der Waals surface area contributed by atoms with E-state index in [0.29, 0.717) is 12.3 Å². The summed E-state index contributed by atoms with van der Waals surface area (Å²) in [5.41, 5.74) is 0. The van der Waals surface area contributed by atoms with Crippen LogP contribution in [0.15, 0.2) is 23.1 Å². The smallest absolute Gasteiger partial charge is 0.240 e. The van der Waals surface area contributed by atoms with E-state index in [1.807, 2.05) is 0 Å². The van der Waals surface area contributed by atoms with E-state index in [1.54, 1.807) is 0 Å². The van der Waals surface area contributed by atoms with Crippen LogP contribution in [0.2, 0.25) is 5.02 Å². The Morgan fingerprint density at radius 1 is 1.38 bits per heavy atom. The molecule has 118 valence electrons. The molecule has 0 aromatic heterocycles. The van der Waals surface area contributed by atoms with Crippen molar-refractivity contribution >= 4 is 21.6 Å². The zero-order chi connectivity index (χ0) is 15.5. The lowest BCUT2D eigenvalue weighted by molar-refractivity contribution is 0.195. The maximum Gasteiger partial charge on any atom is 0.240 e. The topological polar surface area (TPSA) is 75.6 Å². The van der Waals surface area contributed by atoms with E-state index in [4.69, 9.17) is 16.3 Å². The highest BCUT2D eigenvalue weighted by Gasteiger charge is 2.28. The molecule has 2 rings (SSSR count). The van der Waals surface area contributed by atoms with Crippen LogP contribution in [0, 0.1) is 11.8 Å². The second-order valence-corrected chi connectivity index (χ2v) is 7.46. The Bertz CT molecular complexity index is 591. The summed E-state index contributed by atoms with van der Waals surface area (Å²) in [6.07, 6.45) is 2.93. The van der Waals surface area contributed by atoms with Crippen LogP contribution in [0.1, 0.15) is 19.3 Å². The van der Waals surface area contributed by atoms with E-state index >= 15 is 0 Å². The predicted molar refractivity (Wildman–Crippen MR) is 81.1 cm³/mol. The number of hydrogen-bond acceptors (Lipinski definition) is 4. The second kappa shape index (κ2) is 6.96. The number of benzene rings is 1. The first kappa shape index (κ1) is 16.5. The molecule has 0 bridgehead atoms. The van der Waals surface area contributed by atoms with Gasteiger partial charge in [-0.15, -0.1) is 0 Å². The van der Waals surface area contributed by atoms with Gasteiger partial charge in [0.15, 0.2) is 0 Å². The minimum atomic E-state index is -3.60.